The van der Waals surface area contributed by atoms with Crippen LogP contribution in [0.4, 0.5) is 5.69 Å². The SMILES string of the molecule is Cc1ccc(NC(=O)Cn2c(=O)c(C)nc3ccccc32)c(Cl)c1. The molecule has 0 radical (unpaired) electrons. The number of anilines is 1. The fraction of sp³-hybridized carbons (Fsp3) is 0.167. The van der Waals surface area contributed by atoms with E-state index < -0.39 is 0 Å². The van der Waals surface area contributed by atoms with Crippen molar-refractivity contribution < 1.29 is 4.79 Å². The van der Waals surface area contributed by atoms with Crippen molar-refractivity contribution >= 4 is 34.2 Å². The number of amides is 1. The maximum absolute atomic E-state index is 12.4. The molecule has 5 nitrogen and oxygen atoms in total. The number of halogens is 1. The molecule has 1 amide bonds. The lowest BCUT2D eigenvalue weighted by Gasteiger charge is -2.12. The first kappa shape index (κ1) is 16.2. The van der Waals surface area contributed by atoms with Crippen molar-refractivity contribution in [2.45, 2.75) is 20.4 Å². The number of carbonyl (C=O) groups is 1. The summed E-state index contributed by atoms with van der Waals surface area (Å²) in [5.74, 6) is -0.321. The van der Waals surface area contributed by atoms with Crippen molar-refractivity contribution in [1.29, 1.82) is 0 Å². The Morgan fingerprint density at radius 3 is 2.71 bits per heavy atom. The summed E-state index contributed by atoms with van der Waals surface area (Å²) < 4.78 is 1.43. The normalized spacial score (nSPS) is 10.8. The lowest BCUT2D eigenvalue weighted by Crippen LogP contribution is -2.30. The quantitative estimate of drug-likeness (QED) is 0.795. The Bertz CT molecular complexity index is 995. The number of benzene rings is 2. The van der Waals surface area contributed by atoms with E-state index in [0.29, 0.717) is 27.4 Å². The average Bonchev–Trinajstić information content (AvgIpc) is 2.54. The third-order valence-corrected chi connectivity index (χ3v) is 4.03. The molecule has 6 heteroatoms. The van der Waals surface area contributed by atoms with Gasteiger partial charge in [0.15, 0.2) is 0 Å². The number of fused-ring (bicyclic) bond motifs is 1. The van der Waals surface area contributed by atoms with E-state index in [1.54, 1.807) is 25.1 Å². The number of rotatable bonds is 3. The molecule has 0 aliphatic carbocycles. The lowest BCUT2D eigenvalue weighted by atomic mass is 10.2. The number of aromatic nitrogens is 2. The molecule has 0 unspecified atom stereocenters. The summed E-state index contributed by atoms with van der Waals surface area (Å²) in [5.41, 5.74) is 2.91. The summed E-state index contributed by atoms with van der Waals surface area (Å²) in [7, 11) is 0. The zero-order valence-electron chi connectivity index (χ0n) is 13.3. The van der Waals surface area contributed by atoms with Crippen molar-refractivity contribution in [2.75, 3.05) is 5.32 Å². The van der Waals surface area contributed by atoms with Crippen molar-refractivity contribution in [2.24, 2.45) is 0 Å². The van der Waals surface area contributed by atoms with Gasteiger partial charge in [0.25, 0.3) is 5.56 Å². The van der Waals surface area contributed by atoms with Crippen molar-refractivity contribution in [1.82, 2.24) is 9.55 Å². The van der Waals surface area contributed by atoms with Crippen LogP contribution in [0.5, 0.6) is 0 Å². The molecule has 1 aromatic heterocycles. The lowest BCUT2D eigenvalue weighted by molar-refractivity contribution is -0.116. The Balaban J connectivity index is 1.93. The standard InChI is InChI=1S/C18H16ClN3O2/c1-11-7-8-14(13(19)9-11)21-17(23)10-22-16-6-4-3-5-15(16)20-12(2)18(22)24/h3-9H,10H2,1-2H3,(H,21,23). The number of nitrogens with zero attached hydrogens (tertiary/aromatic N) is 2. The highest BCUT2D eigenvalue weighted by Gasteiger charge is 2.12. The molecule has 0 aliphatic heterocycles. The van der Waals surface area contributed by atoms with Gasteiger partial charge in [0.2, 0.25) is 5.91 Å². The van der Waals surface area contributed by atoms with Crippen LogP contribution in [0.3, 0.4) is 0 Å². The Morgan fingerprint density at radius 1 is 1.21 bits per heavy atom. The van der Waals surface area contributed by atoms with E-state index in [1.807, 2.05) is 31.2 Å². The minimum atomic E-state index is -0.321. The molecule has 0 bridgehead atoms. The zero-order chi connectivity index (χ0) is 17.3. The van der Waals surface area contributed by atoms with Gasteiger partial charge in [-0.1, -0.05) is 29.8 Å². The molecule has 122 valence electrons. The van der Waals surface area contributed by atoms with E-state index in [0.717, 1.165) is 5.56 Å². The van der Waals surface area contributed by atoms with Crippen LogP contribution in [0.15, 0.2) is 47.3 Å². The molecule has 3 rings (SSSR count). The van der Waals surface area contributed by atoms with Gasteiger partial charge >= 0.3 is 0 Å². The van der Waals surface area contributed by atoms with Crippen LogP contribution in [0.25, 0.3) is 11.0 Å². The molecule has 0 fully saturated rings. The number of carbonyl (C=O) groups excluding carboxylic acids is 1. The van der Waals surface area contributed by atoms with E-state index in [2.05, 4.69) is 10.3 Å². The Hall–Kier alpha value is -2.66. The summed E-state index contributed by atoms with van der Waals surface area (Å²) in [6.45, 7) is 3.45. The number of hydrogen-bond acceptors (Lipinski definition) is 3. The molecular formula is C18H16ClN3O2. The summed E-state index contributed by atoms with van der Waals surface area (Å²) in [4.78, 5) is 29.0. The minimum absolute atomic E-state index is 0.104. The van der Waals surface area contributed by atoms with Gasteiger partial charge in [-0.15, -0.1) is 0 Å². The van der Waals surface area contributed by atoms with Gasteiger partial charge in [-0.3, -0.25) is 14.2 Å². The van der Waals surface area contributed by atoms with Crippen LogP contribution < -0.4 is 10.9 Å². The van der Waals surface area contributed by atoms with Gasteiger partial charge in [-0.05, 0) is 43.7 Å². The summed E-state index contributed by atoms with van der Waals surface area (Å²) >= 11 is 6.13. The average molecular weight is 342 g/mol. The third-order valence-electron chi connectivity index (χ3n) is 3.72. The first-order valence-electron chi connectivity index (χ1n) is 7.48. The van der Waals surface area contributed by atoms with Gasteiger partial charge in [-0.25, -0.2) is 4.98 Å². The number of aryl methyl sites for hydroxylation is 2. The van der Waals surface area contributed by atoms with Crippen molar-refractivity contribution in [3.8, 4) is 0 Å². The number of hydrogen-bond donors (Lipinski definition) is 1. The third kappa shape index (κ3) is 3.16. The highest BCUT2D eigenvalue weighted by molar-refractivity contribution is 6.33. The highest BCUT2D eigenvalue weighted by Crippen LogP contribution is 2.22. The van der Waals surface area contributed by atoms with E-state index in [1.165, 1.54) is 4.57 Å². The van der Waals surface area contributed by atoms with E-state index in [-0.39, 0.29) is 18.0 Å². The molecule has 1 heterocycles. The fourth-order valence-electron chi connectivity index (χ4n) is 2.53. The smallest absolute Gasteiger partial charge is 0.272 e. The Kier molecular flexibility index (Phi) is 4.36. The largest absolute Gasteiger partial charge is 0.323 e. The van der Waals surface area contributed by atoms with Crippen LogP contribution >= 0.6 is 11.6 Å². The van der Waals surface area contributed by atoms with Gasteiger partial charge in [-0.2, -0.15) is 0 Å². The second-order valence-corrected chi connectivity index (χ2v) is 6.02. The fourth-order valence-corrected chi connectivity index (χ4v) is 2.81. The van der Waals surface area contributed by atoms with Gasteiger partial charge in [0, 0.05) is 0 Å². The van der Waals surface area contributed by atoms with Gasteiger partial charge in [0.05, 0.1) is 21.7 Å². The monoisotopic (exact) mass is 341 g/mol. The molecule has 0 aliphatic rings. The maximum atomic E-state index is 12.4. The summed E-state index contributed by atoms with van der Waals surface area (Å²) in [5, 5.41) is 3.21. The number of nitrogens with one attached hydrogen (secondary N) is 1. The van der Waals surface area contributed by atoms with Crippen LogP contribution in [-0.2, 0) is 11.3 Å². The van der Waals surface area contributed by atoms with Gasteiger partial charge in [0.1, 0.15) is 12.2 Å². The zero-order valence-corrected chi connectivity index (χ0v) is 14.1. The predicted molar refractivity (Wildman–Crippen MR) is 95.6 cm³/mol. The number of para-hydroxylation sites is 2. The van der Waals surface area contributed by atoms with Crippen LogP contribution in [-0.4, -0.2) is 15.5 Å². The Labute approximate surface area is 143 Å². The molecule has 0 spiro atoms. The second-order valence-electron chi connectivity index (χ2n) is 5.61. The highest BCUT2D eigenvalue weighted by atomic mass is 35.5. The predicted octanol–water partition coefficient (Wildman–Crippen LogP) is 3.31. The van der Waals surface area contributed by atoms with Crippen LogP contribution in [0.2, 0.25) is 5.02 Å². The van der Waals surface area contributed by atoms with E-state index in [4.69, 9.17) is 11.6 Å². The maximum Gasteiger partial charge on any atom is 0.272 e. The molecule has 0 saturated heterocycles. The first-order valence-corrected chi connectivity index (χ1v) is 7.85. The topological polar surface area (TPSA) is 64.0 Å². The van der Waals surface area contributed by atoms with Crippen LogP contribution in [0, 0.1) is 13.8 Å². The molecule has 0 atom stereocenters. The molecule has 2 aromatic carbocycles. The van der Waals surface area contributed by atoms with E-state index >= 15 is 0 Å². The Morgan fingerprint density at radius 2 is 1.96 bits per heavy atom. The second kappa shape index (κ2) is 6.45. The van der Waals surface area contributed by atoms with E-state index in [9.17, 15) is 9.59 Å². The first-order chi connectivity index (χ1) is 11.5. The minimum Gasteiger partial charge on any atom is -0.323 e. The molecular weight excluding hydrogens is 326 g/mol. The van der Waals surface area contributed by atoms with Crippen molar-refractivity contribution in [3.05, 3.63) is 69.1 Å². The molecule has 0 saturated carbocycles. The van der Waals surface area contributed by atoms with Gasteiger partial charge < -0.3 is 5.32 Å². The summed E-state index contributed by atoms with van der Waals surface area (Å²) in [6.07, 6.45) is 0. The summed E-state index contributed by atoms with van der Waals surface area (Å²) in [6, 6.07) is 12.6. The molecule has 3 aromatic rings. The van der Waals surface area contributed by atoms with Crippen molar-refractivity contribution in [3.63, 3.8) is 0 Å². The van der Waals surface area contributed by atoms with Crippen LogP contribution in [0.1, 0.15) is 11.3 Å². The molecule has 1 N–H and O–H groups in total. The molecule has 24 heavy (non-hydrogen) atoms.